The summed E-state index contributed by atoms with van der Waals surface area (Å²) in [7, 11) is 1.32. The van der Waals surface area contributed by atoms with Gasteiger partial charge in [-0.3, -0.25) is 9.59 Å². The van der Waals surface area contributed by atoms with Crippen LogP contribution in [0.5, 0.6) is 0 Å². The highest BCUT2D eigenvalue weighted by molar-refractivity contribution is 9.10. The van der Waals surface area contributed by atoms with Crippen molar-refractivity contribution in [2.24, 2.45) is 7.05 Å². The lowest BCUT2D eigenvalue weighted by Crippen LogP contribution is -2.28. The number of carbonyl (C=O) groups excluding carboxylic acids is 1. The van der Waals surface area contributed by atoms with E-state index < -0.39 is 23.0 Å². The highest BCUT2D eigenvalue weighted by atomic mass is 79.9. The van der Waals surface area contributed by atoms with Gasteiger partial charge in [0.2, 0.25) is 0 Å². The average molecular weight is 416 g/mol. The molecule has 0 bridgehead atoms. The van der Waals surface area contributed by atoms with Gasteiger partial charge in [0.05, 0.1) is 13.2 Å². The smallest absolute Gasteiger partial charge is 0.286 e. The second-order valence-corrected chi connectivity index (χ2v) is 6.24. The van der Waals surface area contributed by atoms with Gasteiger partial charge in [0.25, 0.3) is 5.56 Å². The Morgan fingerprint density at radius 2 is 2.00 bits per heavy atom. The van der Waals surface area contributed by atoms with Gasteiger partial charge in [0.1, 0.15) is 12.4 Å². The summed E-state index contributed by atoms with van der Waals surface area (Å²) in [5.74, 6) is -2.15. The third-order valence-electron chi connectivity index (χ3n) is 3.64. The zero-order chi connectivity index (χ0) is 18.6. The summed E-state index contributed by atoms with van der Waals surface area (Å²) in [6.07, 6.45) is -0.0633. The standard InChI is InChI=1S/C17H16BrF2NO4/c1-21-15(6-10-2-3-11(18)7-13(10)19)12(8-14(20)17(21)24)16(23)9-25-5-4-22/h2-3,7-8,22H,4-6,9H2,1H3. The molecule has 1 N–H and O–H groups in total. The average Bonchev–Trinajstić information content (AvgIpc) is 2.57. The Kier molecular flexibility index (Phi) is 6.57. The first kappa shape index (κ1) is 19.4. The van der Waals surface area contributed by atoms with E-state index >= 15 is 0 Å². The molecular formula is C17H16BrF2NO4. The predicted octanol–water partition coefficient (Wildman–Crippen LogP) is 2.21. The second kappa shape index (κ2) is 8.46. The lowest BCUT2D eigenvalue weighted by molar-refractivity contribution is 0.0662. The maximum Gasteiger partial charge on any atom is 0.286 e. The molecule has 0 unspecified atom stereocenters. The molecule has 0 spiro atoms. The molecule has 0 saturated heterocycles. The van der Waals surface area contributed by atoms with Crippen LogP contribution < -0.4 is 5.56 Å². The number of ether oxygens (including phenoxy) is 1. The van der Waals surface area contributed by atoms with Crippen molar-refractivity contribution >= 4 is 21.7 Å². The number of hydrogen-bond acceptors (Lipinski definition) is 4. The number of nitrogens with zero attached hydrogens (tertiary/aromatic N) is 1. The van der Waals surface area contributed by atoms with Crippen LogP contribution in [0.4, 0.5) is 8.78 Å². The Hall–Kier alpha value is -1.90. The fourth-order valence-electron chi connectivity index (χ4n) is 2.34. The molecule has 0 saturated carbocycles. The van der Waals surface area contributed by atoms with Crippen LogP contribution in [0.2, 0.25) is 0 Å². The maximum atomic E-state index is 14.1. The van der Waals surface area contributed by atoms with Gasteiger partial charge in [-0.15, -0.1) is 0 Å². The first-order valence-corrected chi connectivity index (χ1v) is 8.18. The number of carbonyl (C=O) groups is 1. The molecule has 0 atom stereocenters. The highest BCUT2D eigenvalue weighted by Crippen LogP contribution is 2.20. The Balaban J connectivity index is 2.45. The van der Waals surface area contributed by atoms with Gasteiger partial charge in [-0.1, -0.05) is 22.0 Å². The van der Waals surface area contributed by atoms with Gasteiger partial charge < -0.3 is 14.4 Å². The zero-order valence-electron chi connectivity index (χ0n) is 13.4. The molecule has 1 aromatic carbocycles. The fourth-order valence-corrected chi connectivity index (χ4v) is 2.68. The van der Waals surface area contributed by atoms with Gasteiger partial charge in [-0.25, -0.2) is 8.78 Å². The van der Waals surface area contributed by atoms with Crippen molar-refractivity contribution in [3.63, 3.8) is 0 Å². The molecular weight excluding hydrogens is 400 g/mol. The van der Waals surface area contributed by atoms with Crippen LogP contribution in [-0.4, -0.2) is 35.3 Å². The van der Waals surface area contributed by atoms with E-state index in [1.54, 1.807) is 6.07 Å². The minimum absolute atomic E-state index is 0.0450. The summed E-state index contributed by atoms with van der Waals surface area (Å²) in [4.78, 5) is 24.2. The topological polar surface area (TPSA) is 68.5 Å². The number of benzene rings is 1. The summed E-state index contributed by atoms with van der Waals surface area (Å²) in [6.45, 7) is -0.684. The number of ketones is 1. The van der Waals surface area contributed by atoms with Crippen LogP contribution >= 0.6 is 15.9 Å². The van der Waals surface area contributed by atoms with Gasteiger partial charge in [0.15, 0.2) is 11.6 Å². The van der Waals surface area contributed by atoms with E-state index in [4.69, 9.17) is 9.84 Å². The molecule has 5 nitrogen and oxygen atoms in total. The normalized spacial score (nSPS) is 10.9. The Morgan fingerprint density at radius 3 is 2.64 bits per heavy atom. The number of rotatable bonds is 7. The molecule has 0 aliphatic heterocycles. The molecule has 2 aromatic rings. The van der Waals surface area contributed by atoms with E-state index in [2.05, 4.69) is 15.9 Å². The largest absolute Gasteiger partial charge is 0.394 e. The lowest BCUT2D eigenvalue weighted by Gasteiger charge is -2.14. The van der Waals surface area contributed by atoms with Crippen LogP contribution in [0.3, 0.4) is 0 Å². The molecule has 134 valence electrons. The lowest BCUT2D eigenvalue weighted by atomic mass is 10.0. The van der Waals surface area contributed by atoms with E-state index in [9.17, 15) is 18.4 Å². The third-order valence-corrected chi connectivity index (χ3v) is 4.13. The third kappa shape index (κ3) is 4.59. The maximum absolute atomic E-state index is 14.1. The number of hydrogen-bond donors (Lipinski definition) is 1. The first-order chi connectivity index (χ1) is 11.8. The van der Waals surface area contributed by atoms with Crippen molar-refractivity contribution in [2.45, 2.75) is 6.42 Å². The van der Waals surface area contributed by atoms with Gasteiger partial charge >= 0.3 is 0 Å². The summed E-state index contributed by atoms with van der Waals surface area (Å²) >= 11 is 3.15. The van der Waals surface area contributed by atoms with E-state index in [-0.39, 0.29) is 43.1 Å². The SMILES string of the molecule is Cn1c(Cc2ccc(Br)cc2F)c(C(=O)COCCO)cc(F)c1=O. The zero-order valence-corrected chi connectivity index (χ0v) is 15.0. The molecule has 0 amide bonds. The first-order valence-electron chi connectivity index (χ1n) is 7.39. The second-order valence-electron chi connectivity index (χ2n) is 5.33. The quantitative estimate of drug-likeness (QED) is 0.555. The van der Waals surface area contributed by atoms with E-state index in [0.717, 1.165) is 10.6 Å². The van der Waals surface area contributed by atoms with Crippen LogP contribution in [0, 0.1) is 11.6 Å². The molecule has 0 aliphatic rings. The molecule has 1 heterocycles. The molecule has 2 rings (SSSR count). The summed E-state index contributed by atoms with van der Waals surface area (Å²) in [5, 5.41) is 8.69. The molecule has 0 fully saturated rings. The Morgan fingerprint density at radius 1 is 1.28 bits per heavy atom. The minimum atomic E-state index is -1.08. The van der Waals surface area contributed by atoms with E-state index in [1.807, 2.05) is 0 Å². The van der Waals surface area contributed by atoms with Crippen LogP contribution in [-0.2, 0) is 18.2 Å². The van der Waals surface area contributed by atoms with Crippen molar-refractivity contribution < 1.29 is 23.4 Å². The van der Waals surface area contributed by atoms with Crippen molar-refractivity contribution in [1.82, 2.24) is 4.57 Å². The predicted molar refractivity (Wildman–Crippen MR) is 90.8 cm³/mol. The van der Waals surface area contributed by atoms with Crippen molar-refractivity contribution in [3.8, 4) is 0 Å². The van der Waals surface area contributed by atoms with Gasteiger partial charge in [0, 0.05) is 29.2 Å². The monoisotopic (exact) mass is 415 g/mol. The molecule has 0 radical (unpaired) electrons. The number of pyridine rings is 1. The highest BCUT2D eigenvalue weighted by Gasteiger charge is 2.19. The molecule has 1 aromatic heterocycles. The summed E-state index contributed by atoms with van der Waals surface area (Å²) in [5.41, 5.74) is -0.513. The number of aliphatic hydroxyl groups is 1. The number of aliphatic hydroxyl groups excluding tert-OH is 1. The fraction of sp³-hybridized carbons (Fsp3) is 0.294. The van der Waals surface area contributed by atoms with E-state index in [0.29, 0.717) is 4.47 Å². The Bertz CT molecular complexity index is 851. The van der Waals surface area contributed by atoms with Gasteiger partial charge in [-0.2, -0.15) is 0 Å². The van der Waals surface area contributed by atoms with Crippen LogP contribution in [0.1, 0.15) is 21.6 Å². The summed E-state index contributed by atoms with van der Waals surface area (Å²) in [6, 6.07) is 5.26. The molecule has 0 aliphatic carbocycles. The van der Waals surface area contributed by atoms with Crippen molar-refractivity contribution in [2.75, 3.05) is 19.8 Å². The van der Waals surface area contributed by atoms with Gasteiger partial charge in [-0.05, 0) is 23.8 Å². The van der Waals surface area contributed by atoms with Crippen molar-refractivity contribution in [3.05, 3.63) is 67.5 Å². The van der Waals surface area contributed by atoms with Crippen LogP contribution in [0.15, 0.2) is 33.5 Å². The number of halogens is 3. The van der Waals surface area contributed by atoms with E-state index in [1.165, 1.54) is 19.2 Å². The Labute approximate surface area is 151 Å². The minimum Gasteiger partial charge on any atom is -0.394 e. The number of Topliss-reactive ketones (excluding diaryl/α,β-unsaturated/α-hetero) is 1. The molecule has 25 heavy (non-hydrogen) atoms. The summed E-state index contributed by atoms with van der Waals surface area (Å²) < 4.78 is 34.4. The number of aromatic nitrogens is 1. The molecule has 8 heteroatoms. The van der Waals surface area contributed by atoms with Crippen molar-refractivity contribution in [1.29, 1.82) is 0 Å². The van der Waals surface area contributed by atoms with Crippen LogP contribution in [0.25, 0.3) is 0 Å².